The lowest BCUT2D eigenvalue weighted by Crippen LogP contribution is -2.34. The minimum Gasteiger partial charge on any atom is -0.309 e. The summed E-state index contributed by atoms with van der Waals surface area (Å²) >= 11 is 0. The summed E-state index contributed by atoms with van der Waals surface area (Å²) in [5.74, 6) is 0. The predicted molar refractivity (Wildman–Crippen MR) is 61.5 cm³/mol. The van der Waals surface area contributed by atoms with Gasteiger partial charge >= 0.3 is 0 Å². The molecule has 0 aliphatic heterocycles. The first kappa shape index (κ1) is 13.1. The van der Waals surface area contributed by atoms with Crippen LogP contribution in [0.4, 0.5) is 0 Å². The highest BCUT2D eigenvalue weighted by Crippen LogP contribution is 2.06. The number of nitrogens with one attached hydrogen (secondary N) is 2. The maximum atomic E-state index is 11.8. The second kappa shape index (κ2) is 5.42. The molecule has 1 unspecified atom stereocenters. The van der Waals surface area contributed by atoms with Gasteiger partial charge in [-0.1, -0.05) is 0 Å². The summed E-state index contributed by atoms with van der Waals surface area (Å²) < 4.78 is 26.1. The quantitative estimate of drug-likeness (QED) is 0.742. The number of nitrogens with zero attached hydrogens (tertiary/aromatic N) is 2. The van der Waals surface area contributed by atoms with E-state index in [1.54, 1.807) is 0 Å². The molecular weight excluding hydrogens is 228 g/mol. The molecule has 1 heterocycles. The first-order valence-corrected chi connectivity index (χ1v) is 6.56. The van der Waals surface area contributed by atoms with Crippen molar-refractivity contribution in [2.24, 2.45) is 0 Å². The molecule has 16 heavy (non-hydrogen) atoms. The molecule has 6 nitrogen and oxygen atoms in total. The summed E-state index contributed by atoms with van der Waals surface area (Å²) in [7, 11) is 0.485. The van der Waals surface area contributed by atoms with Crippen molar-refractivity contribution in [1.29, 1.82) is 0 Å². The summed E-state index contributed by atoms with van der Waals surface area (Å²) in [5, 5.41) is 6.10. The summed E-state index contributed by atoms with van der Waals surface area (Å²) in [4.78, 5) is 2.19. The van der Waals surface area contributed by atoms with E-state index >= 15 is 0 Å². The number of rotatable bonds is 6. The van der Waals surface area contributed by atoms with E-state index in [4.69, 9.17) is 0 Å². The molecular formula is C9H18N4O2S. The van der Waals surface area contributed by atoms with Gasteiger partial charge in [-0.05, 0) is 34.0 Å². The number of aromatic amines is 1. The molecule has 1 aromatic heterocycles. The molecule has 0 saturated carbocycles. The van der Waals surface area contributed by atoms with Crippen LogP contribution < -0.4 is 4.72 Å². The van der Waals surface area contributed by atoms with Crippen LogP contribution in [0.2, 0.25) is 0 Å². The van der Waals surface area contributed by atoms with E-state index < -0.39 is 10.0 Å². The van der Waals surface area contributed by atoms with E-state index in [9.17, 15) is 8.42 Å². The summed E-state index contributed by atoms with van der Waals surface area (Å²) in [6, 6.07) is -0.0951. The molecule has 0 aliphatic rings. The third kappa shape index (κ3) is 3.92. The van der Waals surface area contributed by atoms with Gasteiger partial charge in [-0.2, -0.15) is 5.10 Å². The normalized spacial score (nSPS) is 14.2. The van der Waals surface area contributed by atoms with Crippen LogP contribution in [0.1, 0.15) is 13.3 Å². The van der Waals surface area contributed by atoms with Crippen LogP contribution in [0.5, 0.6) is 0 Å². The highest BCUT2D eigenvalue weighted by atomic mass is 32.2. The minimum absolute atomic E-state index is 0.0951. The van der Waals surface area contributed by atoms with Gasteiger partial charge in [-0.15, -0.1) is 0 Å². The maximum absolute atomic E-state index is 11.8. The van der Waals surface area contributed by atoms with Gasteiger partial charge in [0.15, 0.2) is 0 Å². The van der Waals surface area contributed by atoms with Crippen molar-refractivity contribution in [2.45, 2.75) is 24.3 Å². The van der Waals surface area contributed by atoms with Crippen molar-refractivity contribution in [2.75, 3.05) is 20.6 Å². The van der Waals surface area contributed by atoms with E-state index in [-0.39, 0.29) is 10.9 Å². The second-order valence-electron chi connectivity index (χ2n) is 4.05. The van der Waals surface area contributed by atoms with Crippen molar-refractivity contribution >= 4 is 10.0 Å². The van der Waals surface area contributed by atoms with Crippen LogP contribution in [0.15, 0.2) is 17.3 Å². The molecule has 0 aromatic carbocycles. The minimum atomic E-state index is -3.43. The van der Waals surface area contributed by atoms with Gasteiger partial charge in [0.1, 0.15) is 4.90 Å². The maximum Gasteiger partial charge on any atom is 0.243 e. The molecule has 7 heteroatoms. The van der Waals surface area contributed by atoms with Crippen molar-refractivity contribution in [1.82, 2.24) is 19.8 Å². The smallest absolute Gasteiger partial charge is 0.243 e. The predicted octanol–water partition coefficient (Wildman–Crippen LogP) is 0.0282. The fourth-order valence-electron chi connectivity index (χ4n) is 1.23. The Kier molecular flexibility index (Phi) is 4.45. The van der Waals surface area contributed by atoms with Crippen molar-refractivity contribution in [3.63, 3.8) is 0 Å². The second-order valence-corrected chi connectivity index (χ2v) is 5.76. The van der Waals surface area contributed by atoms with Gasteiger partial charge in [-0.25, -0.2) is 13.1 Å². The Morgan fingerprint density at radius 2 is 2.25 bits per heavy atom. The largest absolute Gasteiger partial charge is 0.309 e. The first-order chi connectivity index (χ1) is 7.42. The van der Waals surface area contributed by atoms with Crippen molar-refractivity contribution < 1.29 is 8.42 Å². The lowest BCUT2D eigenvalue weighted by Gasteiger charge is -2.16. The molecule has 1 aromatic rings. The molecule has 0 bridgehead atoms. The zero-order valence-corrected chi connectivity index (χ0v) is 10.6. The number of aromatic nitrogens is 2. The number of hydrogen-bond donors (Lipinski definition) is 2. The molecule has 0 amide bonds. The molecule has 0 aliphatic carbocycles. The van der Waals surface area contributed by atoms with Crippen LogP contribution >= 0.6 is 0 Å². The monoisotopic (exact) mass is 246 g/mol. The van der Waals surface area contributed by atoms with Crippen molar-refractivity contribution in [3.05, 3.63) is 12.4 Å². The zero-order chi connectivity index (χ0) is 12.2. The standard InChI is InChI=1S/C9H18N4O2S/c1-8(4-5-13(2)3)12-16(14,15)9-6-10-11-7-9/h6-8,12H,4-5H2,1-3H3,(H,10,11). The van der Waals surface area contributed by atoms with E-state index in [1.807, 2.05) is 25.9 Å². The van der Waals surface area contributed by atoms with Crippen LogP contribution in [0, 0.1) is 0 Å². The molecule has 0 spiro atoms. The number of sulfonamides is 1. The van der Waals surface area contributed by atoms with Crippen LogP contribution in [0.25, 0.3) is 0 Å². The highest BCUT2D eigenvalue weighted by Gasteiger charge is 2.17. The zero-order valence-electron chi connectivity index (χ0n) is 9.77. The fraction of sp³-hybridized carbons (Fsp3) is 0.667. The molecule has 0 radical (unpaired) electrons. The lowest BCUT2D eigenvalue weighted by atomic mass is 10.2. The fourth-order valence-corrected chi connectivity index (χ4v) is 2.41. The topological polar surface area (TPSA) is 78.1 Å². The molecule has 2 N–H and O–H groups in total. The summed E-state index contributed by atoms with van der Waals surface area (Å²) in [6.45, 7) is 2.69. The van der Waals surface area contributed by atoms with Gasteiger partial charge in [0.2, 0.25) is 10.0 Å². The van der Waals surface area contributed by atoms with Crippen molar-refractivity contribution in [3.8, 4) is 0 Å². The van der Waals surface area contributed by atoms with E-state index in [0.29, 0.717) is 0 Å². The first-order valence-electron chi connectivity index (χ1n) is 5.07. The Hall–Kier alpha value is -0.920. The Morgan fingerprint density at radius 1 is 1.56 bits per heavy atom. The van der Waals surface area contributed by atoms with E-state index in [0.717, 1.165) is 13.0 Å². The third-order valence-electron chi connectivity index (χ3n) is 2.15. The average molecular weight is 246 g/mol. The molecule has 1 atom stereocenters. The molecule has 0 fully saturated rings. The third-order valence-corrected chi connectivity index (χ3v) is 3.71. The number of hydrogen-bond acceptors (Lipinski definition) is 4. The lowest BCUT2D eigenvalue weighted by molar-refractivity contribution is 0.379. The van der Waals surface area contributed by atoms with Gasteiger partial charge < -0.3 is 4.90 Å². The van der Waals surface area contributed by atoms with Crippen LogP contribution in [-0.2, 0) is 10.0 Å². The highest BCUT2D eigenvalue weighted by molar-refractivity contribution is 7.89. The Balaban J connectivity index is 2.54. The number of H-pyrrole nitrogens is 1. The van der Waals surface area contributed by atoms with Gasteiger partial charge in [0.05, 0.1) is 6.20 Å². The van der Waals surface area contributed by atoms with Gasteiger partial charge in [0.25, 0.3) is 0 Å². The Labute approximate surface area is 96.1 Å². The van der Waals surface area contributed by atoms with Gasteiger partial charge in [0, 0.05) is 12.2 Å². The Bertz CT molecular complexity index is 399. The molecule has 92 valence electrons. The van der Waals surface area contributed by atoms with Gasteiger partial charge in [-0.3, -0.25) is 5.10 Å². The van der Waals surface area contributed by atoms with E-state index in [1.165, 1.54) is 12.4 Å². The SMILES string of the molecule is CC(CCN(C)C)NS(=O)(=O)c1cn[nH]c1. The average Bonchev–Trinajstić information content (AvgIpc) is 2.67. The summed E-state index contributed by atoms with van der Waals surface area (Å²) in [6.07, 6.45) is 3.42. The molecule has 1 rings (SSSR count). The van der Waals surface area contributed by atoms with Crippen LogP contribution in [0.3, 0.4) is 0 Å². The Morgan fingerprint density at radius 3 is 2.75 bits per heavy atom. The molecule has 0 saturated heterocycles. The van der Waals surface area contributed by atoms with Crippen LogP contribution in [-0.4, -0.2) is 50.2 Å². The summed E-state index contributed by atoms with van der Waals surface area (Å²) in [5.41, 5.74) is 0. The van der Waals surface area contributed by atoms with E-state index in [2.05, 4.69) is 14.9 Å².